The second-order valence-electron chi connectivity index (χ2n) is 3.19. The van der Waals surface area contributed by atoms with E-state index in [-0.39, 0.29) is 11.8 Å². The molecule has 0 unspecified atom stereocenters. The number of carboxylic acid groups (broad SMARTS) is 1. The third-order valence-corrected chi connectivity index (χ3v) is 2.24. The minimum atomic E-state index is -0.795. The number of aliphatic carboxylic acids is 1. The molecule has 1 aliphatic carbocycles. The number of halogens is 1. The molecule has 3 nitrogen and oxygen atoms in total. The first kappa shape index (κ1) is 8.16. The fourth-order valence-corrected chi connectivity index (χ4v) is 1.40. The van der Waals surface area contributed by atoms with Crippen molar-refractivity contribution in [1.82, 2.24) is 4.98 Å². The summed E-state index contributed by atoms with van der Waals surface area (Å²) in [4.78, 5) is 14.3. The summed E-state index contributed by atoms with van der Waals surface area (Å²) in [6, 6.07) is 2.85. The Bertz CT molecular complexity index is 336. The number of hydrogen-bond acceptors (Lipinski definition) is 2. The van der Waals surface area contributed by atoms with Gasteiger partial charge in [0.1, 0.15) is 5.82 Å². The highest BCUT2D eigenvalue weighted by Gasteiger charge is 2.45. The smallest absolute Gasteiger partial charge is 0.307 e. The van der Waals surface area contributed by atoms with Crippen molar-refractivity contribution in [2.45, 2.75) is 12.3 Å². The molecule has 2 atom stereocenters. The first-order valence-corrected chi connectivity index (χ1v) is 4.03. The molecule has 0 spiro atoms. The molecule has 1 N–H and O–H groups in total. The van der Waals surface area contributed by atoms with Crippen LogP contribution in [0.15, 0.2) is 18.3 Å². The predicted octanol–water partition coefficient (Wildman–Crippen LogP) is 1.41. The van der Waals surface area contributed by atoms with Crippen molar-refractivity contribution < 1.29 is 14.3 Å². The minimum absolute atomic E-state index is 0.0156. The van der Waals surface area contributed by atoms with E-state index in [0.29, 0.717) is 12.1 Å². The van der Waals surface area contributed by atoms with E-state index in [2.05, 4.69) is 4.98 Å². The first-order valence-electron chi connectivity index (χ1n) is 4.03. The lowest BCUT2D eigenvalue weighted by atomic mass is 10.2. The van der Waals surface area contributed by atoms with Crippen LogP contribution in [0.1, 0.15) is 18.0 Å². The summed E-state index contributed by atoms with van der Waals surface area (Å²) in [5.74, 6) is -1.52. The number of carboxylic acids is 1. The summed E-state index contributed by atoms with van der Waals surface area (Å²) in [6.45, 7) is 0. The van der Waals surface area contributed by atoms with E-state index in [1.165, 1.54) is 6.07 Å². The third-order valence-electron chi connectivity index (χ3n) is 2.24. The van der Waals surface area contributed by atoms with Crippen molar-refractivity contribution in [2.24, 2.45) is 5.92 Å². The Balaban J connectivity index is 2.12. The number of nitrogens with zero attached hydrogens (tertiary/aromatic N) is 1. The largest absolute Gasteiger partial charge is 0.481 e. The van der Waals surface area contributed by atoms with Gasteiger partial charge >= 0.3 is 5.97 Å². The third kappa shape index (κ3) is 1.52. The molecule has 2 rings (SSSR count). The van der Waals surface area contributed by atoms with Gasteiger partial charge in [-0.15, -0.1) is 0 Å². The molecule has 4 heteroatoms. The molecule has 1 fully saturated rings. The van der Waals surface area contributed by atoms with Crippen molar-refractivity contribution in [3.63, 3.8) is 0 Å². The lowest BCUT2D eigenvalue weighted by Gasteiger charge is -1.95. The van der Waals surface area contributed by atoms with Gasteiger partial charge in [-0.05, 0) is 18.6 Å². The molecule has 1 heterocycles. The van der Waals surface area contributed by atoms with Gasteiger partial charge in [0.05, 0.1) is 12.1 Å². The van der Waals surface area contributed by atoms with E-state index >= 15 is 0 Å². The SMILES string of the molecule is O=C(O)[C@H]1C[C@H]1c1ccc(F)cn1. The Morgan fingerprint density at radius 1 is 1.62 bits per heavy atom. The van der Waals surface area contributed by atoms with Crippen LogP contribution in [-0.2, 0) is 4.79 Å². The van der Waals surface area contributed by atoms with Crippen molar-refractivity contribution in [3.05, 3.63) is 29.8 Å². The molecule has 1 aromatic heterocycles. The number of aromatic nitrogens is 1. The van der Waals surface area contributed by atoms with Crippen molar-refractivity contribution in [2.75, 3.05) is 0 Å². The average molecular weight is 181 g/mol. The second kappa shape index (κ2) is 2.80. The van der Waals surface area contributed by atoms with E-state index in [9.17, 15) is 9.18 Å². The fraction of sp³-hybridized carbons (Fsp3) is 0.333. The van der Waals surface area contributed by atoms with Gasteiger partial charge in [0.2, 0.25) is 0 Å². The molecule has 1 aliphatic rings. The summed E-state index contributed by atoms with van der Waals surface area (Å²) in [7, 11) is 0. The maximum atomic E-state index is 12.4. The van der Waals surface area contributed by atoms with Crippen LogP contribution in [0.5, 0.6) is 0 Å². The van der Waals surface area contributed by atoms with Crippen LogP contribution in [-0.4, -0.2) is 16.1 Å². The standard InChI is InChI=1S/C9H8FNO2/c10-5-1-2-8(11-4-5)6-3-7(6)9(12)13/h1-2,4,6-7H,3H2,(H,12,13)/t6-,7+/m1/s1. The number of hydrogen-bond donors (Lipinski definition) is 1. The Morgan fingerprint density at radius 2 is 2.38 bits per heavy atom. The Labute approximate surface area is 74.2 Å². The van der Waals surface area contributed by atoms with Crippen LogP contribution in [0, 0.1) is 11.7 Å². The van der Waals surface area contributed by atoms with Gasteiger partial charge in [-0.25, -0.2) is 4.39 Å². The summed E-state index contributed by atoms with van der Waals surface area (Å²) in [5.41, 5.74) is 0.675. The summed E-state index contributed by atoms with van der Waals surface area (Å²) < 4.78 is 12.4. The van der Waals surface area contributed by atoms with Crippen LogP contribution in [0.3, 0.4) is 0 Å². The highest BCUT2D eigenvalue weighted by Crippen LogP contribution is 2.46. The van der Waals surface area contributed by atoms with Crippen molar-refractivity contribution in [1.29, 1.82) is 0 Å². The van der Waals surface area contributed by atoms with Gasteiger partial charge in [0.25, 0.3) is 0 Å². The molecule has 0 bridgehead atoms. The zero-order chi connectivity index (χ0) is 9.42. The highest BCUT2D eigenvalue weighted by atomic mass is 19.1. The second-order valence-corrected chi connectivity index (χ2v) is 3.19. The van der Waals surface area contributed by atoms with E-state index in [4.69, 9.17) is 5.11 Å². The van der Waals surface area contributed by atoms with Crippen molar-refractivity contribution in [3.8, 4) is 0 Å². The van der Waals surface area contributed by atoms with Crippen molar-refractivity contribution >= 4 is 5.97 Å². The predicted molar refractivity (Wildman–Crippen MR) is 42.7 cm³/mol. The lowest BCUT2D eigenvalue weighted by Crippen LogP contribution is -1.99. The van der Waals surface area contributed by atoms with Gasteiger partial charge < -0.3 is 5.11 Å². The normalized spacial score (nSPS) is 25.6. The molecule has 0 aromatic carbocycles. The lowest BCUT2D eigenvalue weighted by molar-refractivity contribution is -0.138. The van der Waals surface area contributed by atoms with Crippen LogP contribution in [0.25, 0.3) is 0 Å². The topological polar surface area (TPSA) is 50.2 Å². The zero-order valence-electron chi connectivity index (χ0n) is 6.77. The van der Waals surface area contributed by atoms with Crippen LogP contribution in [0.4, 0.5) is 4.39 Å². The van der Waals surface area contributed by atoms with Crippen LogP contribution >= 0.6 is 0 Å². The Morgan fingerprint density at radius 3 is 2.85 bits per heavy atom. The van der Waals surface area contributed by atoms with Crippen LogP contribution in [0.2, 0.25) is 0 Å². The molecule has 0 aliphatic heterocycles. The maximum absolute atomic E-state index is 12.4. The molecule has 1 saturated carbocycles. The van der Waals surface area contributed by atoms with E-state index in [0.717, 1.165) is 6.20 Å². The van der Waals surface area contributed by atoms with Gasteiger partial charge in [0, 0.05) is 11.6 Å². The number of carbonyl (C=O) groups is 1. The number of rotatable bonds is 2. The molecule has 1 aromatic rings. The molecular formula is C9H8FNO2. The number of pyridine rings is 1. The zero-order valence-corrected chi connectivity index (χ0v) is 6.77. The van der Waals surface area contributed by atoms with E-state index < -0.39 is 11.8 Å². The molecule has 0 saturated heterocycles. The van der Waals surface area contributed by atoms with Gasteiger partial charge in [-0.2, -0.15) is 0 Å². The fourth-order valence-electron chi connectivity index (χ4n) is 1.40. The minimum Gasteiger partial charge on any atom is -0.481 e. The Hall–Kier alpha value is -1.45. The molecule has 68 valence electrons. The average Bonchev–Trinajstić information content (AvgIpc) is 2.85. The molecule has 0 amide bonds. The Kier molecular flexibility index (Phi) is 1.76. The summed E-state index contributed by atoms with van der Waals surface area (Å²) in [5, 5.41) is 8.64. The van der Waals surface area contributed by atoms with Crippen LogP contribution < -0.4 is 0 Å². The molecule has 0 radical (unpaired) electrons. The summed E-state index contributed by atoms with van der Waals surface area (Å²) in [6.07, 6.45) is 1.74. The van der Waals surface area contributed by atoms with Gasteiger partial charge in [0.15, 0.2) is 0 Å². The molecular weight excluding hydrogens is 173 g/mol. The highest BCUT2D eigenvalue weighted by molar-refractivity contribution is 5.75. The first-order chi connectivity index (χ1) is 6.18. The summed E-state index contributed by atoms with van der Waals surface area (Å²) >= 11 is 0. The quantitative estimate of drug-likeness (QED) is 0.750. The molecule has 13 heavy (non-hydrogen) atoms. The van der Waals surface area contributed by atoms with Gasteiger partial charge in [-0.1, -0.05) is 0 Å². The monoisotopic (exact) mass is 181 g/mol. The van der Waals surface area contributed by atoms with E-state index in [1.807, 2.05) is 0 Å². The van der Waals surface area contributed by atoms with Gasteiger partial charge in [-0.3, -0.25) is 9.78 Å². The maximum Gasteiger partial charge on any atom is 0.307 e. The van der Waals surface area contributed by atoms with E-state index in [1.54, 1.807) is 6.07 Å².